The second kappa shape index (κ2) is 8.95. The molecule has 0 radical (unpaired) electrons. The zero-order valence-electron chi connectivity index (χ0n) is 19.9. The maximum Gasteiger partial charge on any atom is 0.300 e. The molecule has 1 N–H and O–H groups in total. The molecular weight excluding hydrogens is 442 g/mol. The van der Waals surface area contributed by atoms with E-state index in [0.29, 0.717) is 28.7 Å². The van der Waals surface area contributed by atoms with E-state index >= 15 is 0 Å². The van der Waals surface area contributed by atoms with Crippen LogP contribution >= 0.6 is 0 Å². The van der Waals surface area contributed by atoms with Gasteiger partial charge in [0.15, 0.2) is 11.5 Å². The Balaban J connectivity index is 1.67. The number of carbonyl (C=O) groups is 2. The molecule has 6 nitrogen and oxygen atoms in total. The number of ether oxygens (including phenoxy) is 2. The molecule has 0 aliphatic carbocycles. The van der Waals surface area contributed by atoms with Gasteiger partial charge in [0, 0.05) is 17.3 Å². The third-order valence-corrected chi connectivity index (χ3v) is 6.63. The van der Waals surface area contributed by atoms with Crippen molar-refractivity contribution in [2.75, 3.05) is 11.7 Å². The van der Waals surface area contributed by atoms with Crippen LogP contribution in [0.3, 0.4) is 0 Å². The molecule has 35 heavy (non-hydrogen) atoms. The van der Waals surface area contributed by atoms with Crippen molar-refractivity contribution >= 4 is 23.1 Å². The molecule has 1 atom stereocenters. The Bertz CT molecular complexity index is 1320. The van der Waals surface area contributed by atoms with Crippen LogP contribution in [0.15, 0.2) is 72.3 Å². The lowest BCUT2D eigenvalue weighted by Crippen LogP contribution is -2.29. The van der Waals surface area contributed by atoms with Crippen molar-refractivity contribution in [1.82, 2.24) is 0 Å². The monoisotopic (exact) mass is 469 g/mol. The highest BCUT2D eigenvalue weighted by molar-refractivity contribution is 6.51. The number of rotatable bonds is 5. The first kappa shape index (κ1) is 22.7. The topological polar surface area (TPSA) is 76.1 Å². The van der Waals surface area contributed by atoms with E-state index in [1.807, 2.05) is 43.3 Å². The SMILES string of the molecule is CCc1ccc(/C(O)=C2\C(=O)C(=O)N(c3ccc4c(c3)OCO4)C2c2ccc(C(C)C)cc2)cc1. The van der Waals surface area contributed by atoms with E-state index < -0.39 is 17.7 Å². The highest BCUT2D eigenvalue weighted by Gasteiger charge is 2.47. The van der Waals surface area contributed by atoms with E-state index in [-0.39, 0.29) is 18.1 Å². The van der Waals surface area contributed by atoms with E-state index in [1.54, 1.807) is 30.3 Å². The van der Waals surface area contributed by atoms with Crippen LogP contribution in [0.1, 0.15) is 55.0 Å². The summed E-state index contributed by atoms with van der Waals surface area (Å²) in [5, 5.41) is 11.3. The summed E-state index contributed by atoms with van der Waals surface area (Å²) in [6, 6.07) is 19.6. The summed E-state index contributed by atoms with van der Waals surface area (Å²) in [7, 11) is 0. The number of aliphatic hydroxyl groups is 1. The lowest BCUT2D eigenvalue weighted by atomic mass is 9.93. The number of hydrogen-bond acceptors (Lipinski definition) is 5. The van der Waals surface area contributed by atoms with Crippen molar-refractivity contribution in [3.05, 3.63) is 94.6 Å². The molecule has 2 aliphatic rings. The van der Waals surface area contributed by atoms with Crippen LogP contribution in [0, 0.1) is 0 Å². The standard InChI is InChI=1S/C29H27NO5/c1-4-18-5-7-21(8-6-18)27(31)25-26(20-11-9-19(10-12-20)17(2)3)30(29(33)28(25)32)22-13-14-23-24(15-22)35-16-34-23/h5-15,17,26,31H,4,16H2,1-3H3/b27-25+. The molecule has 1 fully saturated rings. The second-order valence-electron chi connectivity index (χ2n) is 9.08. The number of fused-ring (bicyclic) bond motifs is 1. The number of hydrogen-bond donors (Lipinski definition) is 1. The van der Waals surface area contributed by atoms with Gasteiger partial charge in [-0.1, -0.05) is 69.3 Å². The summed E-state index contributed by atoms with van der Waals surface area (Å²) in [5.41, 5.74) is 4.05. The van der Waals surface area contributed by atoms with Gasteiger partial charge in [-0.15, -0.1) is 0 Å². The molecule has 2 aliphatic heterocycles. The molecule has 0 spiro atoms. The zero-order chi connectivity index (χ0) is 24.7. The van der Waals surface area contributed by atoms with Gasteiger partial charge >= 0.3 is 0 Å². The van der Waals surface area contributed by atoms with Gasteiger partial charge in [0.2, 0.25) is 6.79 Å². The van der Waals surface area contributed by atoms with Crippen LogP contribution in [-0.2, 0) is 16.0 Å². The third kappa shape index (κ3) is 3.95. The average molecular weight is 470 g/mol. The minimum atomic E-state index is -0.789. The van der Waals surface area contributed by atoms with Gasteiger partial charge in [-0.25, -0.2) is 0 Å². The summed E-state index contributed by atoms with van der Waals surface area (Å²) in [6.07, 6.45) is 0.859. The van der Waals surface area contributed by atoms with E-state index in [4.69, 9.17) is 9.47 Å². The minimum Gasteiger partial charge on any atom is -0.507 e. The molecule has 0 saturated carbocycles. The maximum absolute atomic E-state index is 13.4. The molecule has 0 bridgehead atoms. The Labute approximate surface area is 204 Å². The fraction of sp³-hybridized carbons (Fsp3) is 0.241. The predicted octanol–water partition coefficient (Wildman–Crippen LogP) is 5.73. The number of amides is 1. The number of nitrogens with zero attached hydrogens (tertiary/aromatic N) is 1. The van der Waals surface area contributed by atoms with Crippen LogP contribution in [0.4, 0.5) is 5.69 Å². The number of benzene rings is 3. The quantitative estimate of drug-likeness (QED) is 0.294. The van der Waals surface area contributed by atoms with Crippen LogP contribution in [0.5, 0.6) is 11.5 Å². The number of ketones is 1. The van der Waals surface area contributed by atoms with Crippen LogP contribution in [0.2, 0.25) is 0 Å². The van der Waals surface area contributed by atoms with E-state index in [9.17, 15) is 14.7 Å². The number of carbonyl (C=O) groups excluding carboxylic acids is 2. The van der Waals surface area contributed by atoms with Gasteiger partial charge in [0.1, 0.15) is 5.76 Å². The molecule has 3 aromatic rings. The molecule has 2 heterocycles. The summed E-state index contributed by atoms with van der Waals surface area (Å²) >= 11 is 0. The molecule has 1 unspecified atom stereocenters. The smallest absolute Gasteiger partial charge is 0.300 e. The Morgan fingerprint density at radius 3 is 2.31 bits per heavy atom. The lowest BCUT2D eigenvalue weighted by molar-refractivity contribution is -0.132. The van der Waals surface area contributed by atoms with Gasteiger partial charge in [0.25, 0.3) is 11.7 Å². The van der Waals surface area contributed by atoms with Gasteiger partial charge < -0.3 is 14.6 Å². The first-order chi connectivity index (χ1) is 16.9. The fourth-order valence-corrected chi connectivity index (χ4v) is 4.57. The number of Topliss-reactive ketones (excluding diaryl/α,β-unsaturated/α-hetero) is 1. The van der Waals surface area contributed by atoms with Crippen molar-refractivity contribution in [2.45, 2.75) is 39.2 Å². The molecule has 0 aromatic heterocycles. The second-order valence-corrected chi connectivity index (χ2v) is 9.08. The maximum atomic E-state index is 13.4. The van der Waals surface area contributed by atoms with E-state index in [2.05, 4.69) is 13.8 Å². The van der Waals surface area contributed by atoms with Crippen LogP contribution < -0.4 is 14.4 Å². The summed E-state index contributed by atoms with van der Waals surface area (Å²) in [4.78, 5) is 28.2. The van der Waals surface area contributed by atoms with Crippen LogP contribution in [0.25, 0.3) is 5.76 Å². The van der Waals surface area contributed by atoms with E-state index in [0.717, 1.165) is 23.1 Å². The van der Waals surface area contributed by atoms with Crippen molar-refractivity contribution in [3.8, 4) is 11.5 Å². The largest absolute Gasteiger partial charge is 0.507 e. The van der Waals surface area contributed by atoms with E-state index in [1.165, 1.54) is 4.90 Å². The molecular formula is C29H27NO5. The molecule has 5 rings (SSSR count). The predicted molar refractivity (Wildman–Crippen MR) is 134 cm³/mol. The van der Waals surface area contributed by atoms with Gasteiger partial charge in [-0.2, -0.15) is 0 Å². The number of aryl methyl sites for hydroxylation is 1. The molecule has 178 valence electrons. The zero-order valence-corrected chi connectivity index (χ0v) is 19.9. The van der Waals surface area contributed by atoms with Crippen molar-refractivity contribution < 1.29 is 24.2 Å². The highest BCUT2D eigenvalue weighted by Crippen LogP contribution is 2.45. The summed E-state index contributed by atoms with van der Waals surface area (Å²) in [6.45, 7) is 6.36. The normalized spacial score (nSPS) is 18.5. The number of anilines is 1. The van der Waals surface area contributed by atoms with Crippen molar-refractivity contribution in [1.29, 1.82) is 0 Å². The first-order valence-electron chi connectivity index (χ1n) is 11.8. The van der Waals surface area contributed by atoms with Crippen LogP contribution in [-0.4, -0.2) is 23.6 Å². The van der Waals surface area contributed by atoms with Crippen molar-refractivity contribution in [2.24, 2.45) is 0 Å². The Hall–Kier alpha value is -4.06. The minimum absolute atomic E-state index is 0.0641. The molecule has 1 amide bonds. The van der Waals surface area contributed by atoms with Gasteiger partial charge in [-0.3, -0.25) is 14.5 Å². The summed E-state index contributed by atoms with van der Waals surface area (Å²) < 4.78 is 10.9. The Morgan fingerprint density at radius 2 is 1.66 bits per heavy atom. The number of aliphatic hydroxyl groups excluding tert-OH is 1. The molecule has 6 heteroatoms. The highest BCUT2D eigenvalue weighted by atomic mass is 16.7. The first-order valence-corrected chi connectivity index (χ1v) is 11.8. The Morgan fingerprint density at radius 1 is 0.971 bits per heavy atom. The fourth-order valence-electron chi connectivity index (χ4n) is 4.57. The van der Waals surface area contributed by atoms with Crippen molar-refractivity contribution in [3.63, 3.8) is 0 Å². The Kier molecular flexibility index (Phi) is 5.81. The molecule has 1 saturated heterocycles. The lowest BCUT2D eigenvalue weighted by Gasteiger charge is -2.26. The average Bonchev–Trinajstić information content (AvgIpc) is 3.45. The summed E-state index contributed by atoms with van der Waals surface area (Å²) in [5.74, 6) is -0.188. The third-order valence-electron chi connectivity index (χ3n) is 6.63. The van der Waals surface area contributed by atoms with Gasteiger partial charge in [0.05, 0.1) is 11.6 Å². The van der Waals surface area contributed by atoms with Gasteiger partial charge in [-0.05, 0) is 41.2 Å². The molecule has 3 aromatic carbocycles.